The molecule has 1 aliphatic carbocycles. The summed E-state index contributed by atoms with van der Waals surface area (Å²) in [6.45, 7) is 11.2. The molecule has 0 unspecified atom stereocenters. The van der Waals surface area contributed by atoms with Crippen molar-refractivity contribution in [2.75, 3.05) is 7.05 Å². The minimum Gasteiger partial charge on any atom is -0.391 e. The van der Waals surface area contributed by atoms with Crippen LogP contribution in [0.1, 0.15) is 41.0 Å². The third kappa shape index (κ3) is 2.15. The molecular formula is C15H28N2. The molecule has 0 heterocycles. The maximum atomic E-state index is 6.56. The zero-order valence-corrected chi connectivity index (χ0v) is 12.2. The van der Waals surface area contributed by atoms with Gasteiger partial charge >= 0.3 is 0 Å². The number of nitrogens with two attached hydrogens (primary N) is 1. The lowest BCUT2D eigenvalue weighted by atomic mass is 9.64. The molecule has 0 amide bonds. The molecule has 0 fully saturated rings. The Morgan fingerprint density at radius 2 is 1.82 bits per heavy atom. The van der Waals surface area contributed by atoms with Crippen molar-refractivity contribution in [3.63, 3.8) is 0 Å². The standard InChI is InChI=1S/C15H28N2/c1-7-8-12-13(17-6)9-15(10(2)3,11(4)5)14(12)16/h7-8,10-11,14,17H,9,16H2,1-6H3/b8-7-/t14-/m1/s1. The molecule has 0 aliphatic heterocycles. The highest BCUT2D eigenvalue weighted by Gasteiger charge is 2.48. The molecule has 1 aliphatic rings. The predicted molar refractivity (Wildman–Crippen MR) is 75.6 cm³/mol. The second-order valence-electron chi connectivity index (χ2n) is 5.76. The van der Waals surface area contributed by atoms with Crippen LogP contribution >= 0.6 is 0 Å². The van der Waals surface area contributed by atoms with Crippen LogP contribution in [-0.2, 0) is 0 Å². The third-order valence-electron chi connectivity index (χ3n) is 4.54. The molecular weight excluding hydrogens is 208 g/mol. The van der Waals surface area contributed by atoms with Crippen molar-refractivity contribution in [2.45, 2.75) is 47.1 Å². The fraction of sp³-hybridized carbons (Fsp3) is 0.733. The van der Waals surface area contributed by atoms with E-state index < -0.39 is 0 Å². The Kier molecular flexibility index (Phi) is 4.42. The summed E-state index contributed by atoms with van der Waals surface area (Å²) in [7, 11) is 2.00. The van der Waals surface area contributed by atoms with Gasteiger partial charge in [0.2, 0.25) is 0 Å². The van der Waals surface area contributed by atoms with E-state index in [1.165, 1.54) is 11.3 Å². The van der Waals surface area contributed by atoms with Crippen LogP contribution in [0.4, 0.5) is 0 Å². The molecule has 0 saturated heterocycles. The molecule has 1 rings (SSSR count). The van der Waals surface area contributed by atoms with E-state index in [1.54, 1.807) is 0 Å². The van der Waals surface area contributed by atoms with Crippen LogP contribution < -0.4 is 11.1 Å². The van der Waals surface area contributed by atoms with Gasteiger partial charge in [-0.25, -0.2) is 0 Å². The van der Waals surface area contributed by atoms with Gasteiger partial charge in [-0.05, 0) is 36.2 Å². The van der Waals surface area contributed by atoms with E-state index in [4.69, 9.17) is 5.73 Å². The van der Waals surface area contributed by atoms with E-state index in [9.17, 15) is 0 Å². The molecule has 0 spiro atoms. The van der Waals surface area contributed by atoms with Crippen LogP contribution in [0.3, 0.4) is 0 Å². The highest BCUT2D eigenvalue weighted by atomic mass is 14.9. The van der Waals surface area contributed by atoms with E-state index in [0.717, 1.165) is 6.42 Å². The molecule has 0 radical (unpaired) electrons. The Morgan fingerprint density at radius 1 is 1.29 bits per heavy atom. The highest BCUT2D eigenvalue weighted by molar-refractivity contribution is 5.38. The lowest BCUT2D eigenvalue weighted by Gasteiger charge is -2.42. The van der Waals surface area contributed by atoms with E-state index >= 15 is 0 Å². The molecule has 3 N–H and O–H groups in total. The summed E-state index contributed by atoms with van der Waals surface area (Å²) in [6.07, 6.45) is 5.33. The van der Waals surface area contributed by atoms with Crippen LogP contribution in [0, 0.1) is 17.3 Å². The van der Waals surface area contributed by atoms with E-state index in [2.05, 4.69) is 52.1 Å². The summed E-state index contributed by atoms with van der Waals surface area (Å²) < 4.78 is 0. The molecule has 2 nitrogen and oxygen atoms in total. The zero-order valence-electron chi connectivity index (χ0n) is 12.2. The van der Waals surface area contributed by atoms with Gasteiger partial charge < -0.3 is 11.1 Å². The fourth-order valence-electron chi connectivity index (χ4n) is 3.41. The first kappa shape index (κ1) is 14.3. The van der Waals surface area contributed by atoms with Crippen molar-refractivity contribution in [3.05, 3.63) is 23.4 Å². The first-order valence-corrected chi connectivity index (χ1v) is 6.70. The fourth-order valence-corrected chi connectivity index (χ4v) is 3.41. The first-order valence-electron chi connectivity index (χ1n) is 6.70. The molecule has 1 atom stereocenters. The SMILES string of the molecule is C/C=C\C1=C(NC)CC(C(C)C)(C(C)C)[C@@H]1N. The van der Waals surface area contributed by atoms with Crippen LogP contribution in [0.2, 0.25) is 0 Å². The summed E-state index contributed by atoms with van der Waals surface area (Å²) in [5.41, 5.74) is 9.36. The van der Waals surface area contributed by atoms with Gasteiger partial charge in [-0.1, -0.05) is 39.8 Å². The third-order valence-corrected chi connectivity index (χ3v) is 4.54. The molecule has 17 heavy (non-hydrogen) atoms. The van der Waals surface area contributed by atoms with Gasteiger partial charge in [-0.2, -0.15) is 0 Å². The molecule has 0 aromatic rings. The summed E-state index contributed by atoms with van der Waals surface area (Å²) in [5, 5.41) is 3.34. The zero-order chi connectivity index (χ0) is 13.2. The smallest absolute Gasteiger partial charge is 0.0377 e. The number of hydrogen-bond acceptors (Lipinski definition) is 2. The number of hydrogen-bond donors (Lipinski definition) is 2. The van der Waals surface area contributed by atoms with Gasteiger partial charge in [0.15, 0.2) is 0 Å². The van der Waals surface area contributed by atoms with Crippen LogP contribution in [0.15, 0.2) is 23.4 Å². The lowest BCUT2D eigenvalue weighted by molar-refractivity contribution is 0.103. The van der Waals surface area contributed by atoms with Crippen molar-refractivity contribution in [1.29, 1.82) is 0 Å². The van der Waals surface area contributed by atoms with Gasteiger partial charge in [-0.3, -0.25) is 0 Å². The Hall–Kier alpha value is -0.760. The summed E-state index contributed by atoms with van der Waals surface area (Å²) >= 11 is 0. The van der Waals surface area contributed by atoms with E-state index in [0.29, 0.717) is 11.8 Å². The van der Waals surface area contributed by atoms with E-state index in [1.807, 2.05) is 7.05 Å². The van der Waals surface area contributed by atoms with Crippen molar-refractivity contribution in [1.82, 2.24) is 5.32 Å². The normalized spacial score (nSPS) is 24.4. The van der Waals surface area contributed by atoms with Gasteiger partial charge in [0, 0.05) is 18.8 Å². The Balaban J connectivity index is 3.20. The highest BCUT2D eigenvalue weighted by Crippen LogP contribution is 2.50. The van der Waals surface area contributed by atoms with Crippen LogP contribution in [-0.4, -0.2) is 13.1 Å². The largest absolute Gasteiger partial charge is 0.391 e. The molecule has 98 valence electrons. The quantitative estimate of drug-likeness (QED) is 0.787. The number of nitrogens with one attached hydrogen (secondary N) is 1. The summed E-state index contributed by atoms with van der Waals surface area (Å²) in [6, 6.07) is 0.140. The molecule has 0 bridgehead atoms. The molecule has 0 saturated carbocycles. The van der Waals surface area contributed by atoms with Crippen molar-refractivity contribution in [3.8, 4) is 0 Å². The number of rotatable bonds is 4. The molecule has 2 heteroatoms. The second kappa shape index (κ2) is 5.26. The van der Waals surface area contributed by atoms with Gasteiger partial charge in [0.25, 0.3) is 0 Å². The van der Waals surface area contributed by atoms with Crippen LogP contribution in [0.5, 0.6) is 0 Å². The topological polar surface area (TPSA) is 38.0 Å². The molecule has 0 aromatic carbocycles. The van der Waals surface area contributed by atoms with Gasteiger partial charge in [-0.15, -0.1) is 0 Å². The lowest BCUT2D eigenvalue weighted by Crippen LogP contribution is -2.46. The first-order chi connectivity index (χ1) is 7.91. The van der Waals surface area contributed by atoms with Gasteiger partial charge in [0.1, 0.15) is 0 Å². The Labute approximate surface area is 106 Å². The van der Waals surface area contributed by atoms with E-state index in [-0.39, 0.29) is 11.5 Å². The van der Waals surface area contributed by atoms with Crippen LogP contribution in [0.25, 0.3) is 0 Å². The Bertz CT molecular complexity index is 316. The summed E-state index contributed by atoms with van der Waals surface area (Å²) in [5.74, 6) is 1.17. The average Bonchev–Trinajstić information content (AvgIpc) is 2.54. The second-order valence-corrected chi connectivity index (χ2v) is 5.76. The number of allylic oxidation sites excluding steroid dienone is 2. The summed E-state index contributed by atoms with van der Waals surface area (Å²) in [4.78, 5) is 0. The van der Waals surface area contributed by atoms with Gasteiger partial charge in [0.05, 0.1) is 0 Å². The maximum Gasteiger partial charge on any atom is 0.0377 e. The minimum absolute atomic E-state index is 0.140. The van der Waals surface area contributed by atoms with Crippen molar-refractivity contribution < 1.29 is 0 Å². The maximum absolute atomic E-state index is 6.56. The van der Waals surface area contributed by atoms with Crippen molar-refractivity contribution in [2.24, 2.45) is 23.0 Å². The minimum atomic E-state index is 0.140. The molecule has 0 aromatic heterocycles. The average molecular weight is 236 g/mol. The monoisotopic (exact) mass is 236 g/mol. The predicted octanol–water partition coefficient (Wildman–Crippen LogP) is 3.07. The Morgan fingerprint density at radius 3 is 2.18 bits per heavy atom. The van der Waals surface area contributed by atoms with Crippen molar-refractivity contribution >= 4 is 0 Å².